The molecule has 0 saturated carbocycles. The van der Waals surface area contributed by atoms with Crippen LogP contribution >= 0.6 is 11.6 Å². The number of pyridine rings is 1. The molecular formula is C19H17ClN2O3. The molecule has 3 rings (SSSR count). The number of primary amides is 1. The quantitative estimate of drug-likeness (QED) is 0.770. The molecule has 0 saturated heterocycles. The van der Waals surface area contributed by atoms with Crippen molar-refractivity contribution in [3.05, 3.63) is 69.3 Å². The third-order valence-corrected chi connectivity index (χ3v) is 4.45. The molecule has 2 aromatic carbocycles. The van der Waals surface area contributed by atoms with Crippen LogP contribution in [0, 0.1) is 0 Å². The Balaban J connectivity index is 2.45. The van der Waals surface area contributed by atoms with Crippen LogP contribution in [0.2, 0.25) is 5.02 Å². The summed E-state index contributed by atoms with van der Waals surface area (Å²) < 4.78 is 6.96. The number of carbonyl (C=O) groups is 1. The number of halogens is 1. The van der Waals surface area contributed by atoms with E-state index in [1.165, 1.54) is 0 Å². The Morgan fingerprint density at radius 3 is 2.48 bits per heavy atom. The van der Waals surface area contributed by atoms with Crippen molar-refractivity contribution in [2.24, 2.45) is 12.8 Å². The van der Waals surface area contributed by atoms with Gasteiger partial charge in [-0.15, -0.1) is 0 Å². The second-order valence-electron chi connectivity index (χ2n) is 5.73. The van der Waals surface area contributed by atoms with E-state index in [0.717, 1.165) is 5.56 Å². The molecule has 0 aliphatic rings. The topological polar surface area (TPSA) is 74.3 Å². The number of benzene rings is 2. The van der Waals surface area contributed by atoms with Crippen LogP contribution in [0.5, 0.6) is 0 Å². The van der Waals surface area contributed by atoms with Gasteiger partial charge in [0.15, 0.2) is 5.43 Å². The molecule has 3 aromatic rings. The molecule has 0 radical (unpaired) electrons. The average molecular weight is 357 g/mol. The first-order chi connectivity index (χ1) is 11.9. The van der Waals surface area contributed by atoms with Crippen LogP contribution in [0.1, 0.15) is 18.6 Å². The van der Waals surface area contributed by atoms with E-state index >= 15 is 0 Å². The van der Waals surface area contributed by atoms with Crippen LogP contribution in [0.25, 0.3) is 22.2 Å². The second-order valence-corrected chi connectivity index (χ2v) is 6.14. The predicted molar refractivity (Wildman–Crippen MR) is 98.7 cm³/mol. The van der Waals surface area contributed by atoms with Crippen molar-refractivity contribution in [1.82, 2.24) is 4.57 Å². The monoisotopic (exact) mass is 356 g/mol. The molecule has 6 heteroatoms. The standard InChI is InChI=1S/C19H17ClN2O3/c1-11(25-19(21)24)15-16(12-7-4-3-5-8-12)22(2)17-13(18(15)23)9-6-10-14(17)20/h3-11H,1-2H3,(H2,21,24). The Labute approximate surface area is 149 Å². The molecule has 2 N–H and O–H groups in total. The van der Waals surface area contributed by atoms with Crippen molar-refractivity contribution >= 4 is 28.6 Å². The highest BCUT2D eigenvalue weighted by atomic mass is 35.5. The molecule has 1 atom stereocenters. The zero-order valence-corrected chi connectivity index (χ0v) is 14.6. The van der Waals surface area contributed by atoms with Crippen molar-refractivity contribution < 1.29 is 9.53 Å². The Hall–Kier alpha value is -2.79. The van der Waals surface area contributed by atoms with Gasteiger partial charge in [-0.1, -0.05) is 48.0 Å². The molecule has 1 unspecified atom stereocenters. The zero-order chi connectivity index (χ0) is 18.1. The van der Waals surface area contributed by atoms with Gasteiger partial charge >= 0.3 is 6.09 Å². The van der Waals surface area contributed by atoms with Gasteiger partial charge in [0.25, 0.3) is 0 Å². The molecule has 25 heavy (non-hydrogen) atoms. The molecule has 0 spiro atoms. The highest BCUT2D eigenvalue weighted by Gasteiger charge is 2.24. The maximum Gasteiger partial charge on any atom is 0.405 e. The Bertz CT molecular complexity index is 1010. The summed E-state index contributed by atoms with van der Waals surface area (Å²) in [6.07, 6.45) is -1.73. The second kappa shape index (κ2) is 6.61. The lowest BCUT2D eigenvalue weighted by atomic mass is 9.98. The summed E-state index contributed by atoms with van der Waals surface area (Å²) in [5, 5.41) is 0.939. The third kappa shape index (κ3) is 2.98. The van der Waals surface area contributed by atoms with E-state index in [0.29, 0.717) is 27.2 Å². The van der Waals surface area contributed by atoms with E-state index in [1.54, 1.807) is 25.1 Å². The van der Waals surface area contributed by atoms with Gasteiger partial charge in [0.05, 0.1) is 21.8 Å². The summed E-state index contributed by atoms with van der Waals surface area (Å²) >= 11 is 6.34. The minimum Gasteiger partial charge on any atom is -0.442 e. The number of hydrogen-bond acceptors (Lipinski definition) is 3. The fourth-order valence-corrected chi connectivity index (χ4v) is 3.44. The van der Waals surface area contributed by atoms with Gasteiger partial charge < -0.3 is 15.0 Å². The van der Waals surface area contributed by atoms with E-state index in [9.17, 15) is 9.59 Å². The number of aryl methyl sites for hydroxylation is 1. The number of rotatable bonds is 3. The fourth-order valence-electron chi connectivity index (χ4n) is 3.14. The van der Waals surface area contributed by atoms with Crippen LogP contribution in [-0.2, 0) is 11.8 Å². The predicted octanol–water partition coefficient (Wildman–Crippen LogP) is 4.02. The third-order valence-electron chi connectivity index (χ3n) is 4.15. The normalized spacial score (nSPS) is 12.1. The molecule has 1 amide bonds. The first-order valence-corrected chi connectivity index (χ1v) is 8.12. The number of nitrogens with zero attached hydrogens (tertiary/aromatic N) is 1. The smallest absolute Gasteiger partial charge is 0.405 e. The first-order valence-electron chi connectivity index (χ1n) is 7.74. The molecule has 128 valence electrons. The Morgan fingerprint density at radius 2 is 1.84 bits per heavy atom. The van der Waals surface area contributed by atoms with Crippen molar-refractivity contribution in [3.63, 3.8) is 0 Å². The number of carbonyl (C=O) groups excluding carboxylic acids is 1. The summed E-state index contributed by atoms with van der Waals surface area (Å²) in [7, 11) is 1.83. The lowest BCUT2D eigenvalue weighted by molar-refractivity contribution is 0.116. The van der Waals surface area contributed by atoms with Gasteiger partial charge in [0.1, 0.15) is 6.10 Å². The molecule has 0 bridgehead atoms. The highest BCUT2D eigenvalue weighted by molar-refractivity contribution is 6.35. The maximum absolute atomic E-state index is 13.1. The Kier molecular flexibility index (Phi) is 4.51. The van der Waals surface area contributed by atoms with E-state index in [-0.39, 0.29) is 5.43 Å². The van der Waals surface area contributed by atoms with Crippen LogP contribution in [0.15, 0.2) is 53.3 Å². The van der Waals surface area contributed by atoms with Gasteiger partial charge in [0.2, 0.25) is 0 Å². The van der Waals surface area contributed by atoms with Gasteiger partial charge in [0, 0.05) is 12.4 Å². The number of amides is 1. The van der Waals surface area contributed by atoms with Gasteiger partial charge in [-0.2, -0.15) is 0 Å². The largest absolute Gasteiger partial charge is 0.442 e. The lowest BCUT2D eigenvalue weighted by Gasteiger charge is -2.21. The van der Waals surface area contributed by atoms with Crippen LogP contribution in [0.4, 0.5) is 4.79 Å². The van der Waals surface area contributed by atoms with Crippen molar-refractivity contribution in [2.75, 3.05) is 0 Å². The number of aromatic nitrogens is 1. The molecule has 1 aromatic heterocycles. The fraction of sp³-hybridized carbons (Fsp3) is 0.158. The minimum absolute atomic E-state index is 0.233. The zero-order valence-electron chi connectivity index (χ0n) is 13.8. The number of hydrogen-bond donors (Lipinski definition) is 1. The van der Waals surface area contributed by atoms with Crippen molar-refractivity contribution in [1.29, 1.82) is 0 Å². The minimum atomic E-state index is -0.931. The van der Waals surface area contributed by atoms with Crippen molar-refractivity contribution in [2.45, 2.75) is 13.0 Å². The van der Waals surface area contributed by atoms with Gasteiger partial charge in [-0.3, -0.25) is 4.79 Å². The number of ether oxygens (including phenoxy) is 1. The molecule has 1 heterocycles. The van der Waals surface area contributed by atoms with E-state index in [2.05, 4.69) is 0 Å². The van der Waals surface area contributed by atoms with Crippen LogP contribution in [0.3, 0.4) is 0 Å². The summed E-state index contributed by atoms with van der Waals surface area (Å²) in [5.74, 6) is 0. The van der Waals surface area contributed by atoms with Crippen LogP contribution < -0.4 is 11.2 Å². The van der Waals surface area contributed by atoms with E-state index in [1.807, 2.05) is 41.9 Å². The molecule has 0 aliphatic heterocycles. The SMILES string of the molecule is CC(OC(N)=O)c1c(-c2ccccc2)n(C)c2c(Cl)cccc2c1=O. The molecule has 0 fully saturated rings. The number of nitrogens with two attached hydrogens (primary N) is 1. The van der Waals surface area contributed by atoms with Gasteiger partial charge in [-0.05, 0) is 24.6 Å². The summed E-state index contributed by atoms with van der Waals surface area (Å²) in [6, 6.07) is 14.6. The number of para-hydroxylation sites is 1. The Morgan fingerprint density at radius 1 is 1.16 bits per heavy atom. The summed E-state index contributed by atoms with van der Waals surface area (Å²) in [4.78, 5) is 24.4. The molecular weight excluding hydrogens is 340 g/mol. The maximum atomic E-state index is 13.1. The first kappa shape index (κ1) is 17.0. The van der Waals surface area contributed by atoms with E-state index < -0.39 is 12.2 Å². The molecule has 0 aliphatic carbocycles. The molecule has 5 nitrogen and oxygen atoms in total. The lowest BCUT2D eigenvalue weighted by Crippen LogP contribution is -2.24. The average Bonchev–Trinajstić information content (AvgIpc) is 2.57. The highest BCUT2D eigenvalue weighted by Crippen LogP contribution is 2.32. The van der Waals surface area contributed by atoms with Gasteiger partial charge in [-0.25, -0.2) is 4.79 Å². The van der Waals surface area contributed by atoms with E-state index in [4.69, 9.17) is 22.1 Å². The number of fused-ring (bicyclic) bond motifs is 1. The summed E-state index contributed by atoms with van der Waals surface area (Å²) in [5.41, 5.74) is 7.37. The van der Waals surface area contributed by atoms with Crippen LogP contribution in [-0.4, -0.2) is 10.7 Å². The van der Waals surface area contributed by atoms with Crippen molar-refractivity contribution in [3.8, 4) is 11.3 Å². The summed E-state index contributed by atoms with van der Waals surface area (Å²) in [6.45, 7) is 1.63.